The summed E-state index contributed by atoms with van der Waals surface area (Å²) >= 11 is 1.69. The van der Waals surface area contributed by atoms with Gasteiger partial charge in [-0.3, -0.25) is 0 Å². The summed E-state index contributed by atoms with van der Waals surface area (Å²) in [7, 11) is 0. The largest absolute Gasteiger partial charge is 0.240 e. The molecule has 0 aliphatic heterocycles. The van der Waals surface area contributed by atoms with Crippen molar-refractivity contribution in [1.29, 1.82) is 0 Å². The van der Waals surface area contributed by atoms with Gasteiger partial charge in [-0.15, -0.1) is 11.3 Å². The molecule has 2 heterocycles. The second-order valence-corrected chi connectivity index (χ2v) is 4.48. The van der Waals surface area contributed by atoms with E-state index >= 15 is 0 Å². The quantitative estimate of drug-likeness (QED) is 0.767. The third kappa shape index (κ3) is 1.64. The van der Waals surface area contributed by atoms with E-state index in [0.29, 0.717) is 5.92 Å². The van der Waals surface area contributed by atoms with Gasteiger partial charge in [0.2, 0.25) is 0 Å². The van der Waals surface area contributed by atoms with Gasteiger partial charge in [-0.05, 0) is 23.8 Å². The Hall–Kier alpha value is -0.960. The van der Waals surface area contributed by atoms with E-state index in [9.17, 15) is 0 Å². The summed E-state index contributed by atoms with van der Waals surface area (Å²) in [6, 6.07) is 2.13. The zero-order valence-corrected chi connectivity index (χ0v) is 9.34. The molecule has 2 nitrogen and oxygen atoms in total. The molecular weight excluding hydrogens is 192 g/mol. The van der Waals surface area contributed by atoms with Crippen LogP contribution in [0.1, 0.15) is 38.3 Å². The first-order valence-corrected chi connectivity index (χ1v) is 5.89. The van der Waals surface area contributed by atoms with Crippen LogP contribution in [0.4, 0.5) is 0 Å². The number of hydrogen-bond donors (Lipinski definition) is 0. The Morgan fingerprint density at radius 2 is 2.29 bits per heavy atom. The highest BCUT2D eigenvalue weighted by Crippen LogP contribution is 2.27. The van der Waals surface area contributed by atoms with Gasteiger partial charge in [0.15, 0.2) is 0 Å². The number of rotatable bonds is 3. The fourth-order valence-electron chi connectivity index (χ4n) is 1.77. The molecule has 2 aromatic rings. The second-order valence-electron chi connectivity index (χ2n) is 3.59. The lowest BCUT2D eigenvalue weighted by Gasteiger charge is -2.09. The van der Waals surface area contributed by atoms with Crippen LogP contribution in [0.5, 0.6) is 0 Å². The molecule has 1 atom stereocenters. The van der Waals surface area contributed by atoms with Crippen LogP contribution in [0.2, 0.25) is 0 Å². The summed E-state index contributed by atoms with van der Waals surface area (Å²) in [6.07, 6.45) is 4.08. The van der Waals surface area contributed by atoms with Crippen LogP contribution in [-0.4, -0.2) is 9.97 Å². The minimum Gasteiger partial charge on any atom is -0.240 e. The average molecular weight is 206 g/mol. The van der Waals surface area contributed by atoms with Crippen molar-refractivity contribution in [2.75, 3.05) is 0 Å². The average Bonchev–Trinajstić information content (AvgIpc) is 2.65. The normalized spacial score (nSPS) is 13.3. The Morgan fingerprint density at radius 1 is 1.43 bits per heavy atom. The molecule has 74 valence electrons. The molecule has 0 aliphatic rings. The maximum atomic E-state index is 4.39. The molecule has 0 amide bonds. The monoisotopic (exact) mass is 206 g/mol. The second kappa shape index (κ2) is 4.05. The summed E-state index contributed by atoms with van der Waals surface area (Å²) in [5, 5.41) is 3.32. The molecule has 0 bridgehead atoms. The highest BCUT2D eigenvalue weighted by molar-refractivity contribution is 7.16. The number of hydrogen-bond acceptors (Lipinski definition) is 3. The third-order valence-corrected chi connectivity index (χ3v) is 3.30. The predicted molar refractivity (Wildman–Crippen MR) is 60.7 cm³/mol. The molecule has 2 aromatic heterocycles. The van der Waals surface area contributed by atoms with Crippen LogP contribution in [0, 0.1) is 0 Å². The lowest BCUT2D eigenvalue weighted by molar-refractivity contribution is 0.651. The minimum atomic E-state index is 0.542. The van der Waals surface area contributed by atoms with Crippen molar-refractivity contribution in [3.63, 3.8) is 0 Å². The molecule has 0 saturated heterocycles. The maximum absolute atomic E-state index is 4.39. The molecule has 2 rings (SSSR count). The van der Waals surface area contributed by atoms with Gasteiger partial charge in [-0.2, -0.15) is 0 Å². The van der Waals surface area contributed by atoms with Crippen molar-refractivity contribution in [3.05, 3.63) is 23.5 Å². The molecule has 14 heavy (non-hydrogen) atoms. The Morgan fingerprint density at radius 3 is 3.07 bits per heavy atom. The van der Waals surface area contributed by atoms with Gasteiger partial charge in [0, 0.05) is 5.39 Å². The number of nitrogens with zero attached hydrogens (tertiary/aromatic N) is 2. The molecule has 0 aromatic carbocycles. The number of aromatic nitrogens is 2. The van der Waals surface area contributed by atoms with E-state index in [-0.39, 0.29) is 0 Å². The van der Waals surface area contributed by atoms with Crippen LogP contribution in [-0.2, 0) is 0 Å². The lowest BCUT2D eigenvalue weighted by atomic mass is 10.00. The van der Waals surface area contributed by atoms with Crippen molar-refractivity contribution < 1.29 is 0 Å². The Labute approximate surface area is 88.0 Å². The molecule has 0 N–H and O–H groups in total. The Kier molecular flexibility index (Phi) is 2.77. The van der Waals surface area contributed by atoms with E-state index < -0.39 is 0 Å². The minimum absolute atomic E-state index is 0.542. The fourth-order valence-corrected chi connectivity index (χ4v) is 2.51. The van der Waals surface area contributed by atoms with Crippen LogP contribution >= 0.6 is 11.3 Å². The van der Waals surface area contributed by atoms with Gasteiger partial charge < -0.3 is 0 Å². The molecule has 0 aliphatic carbocycles. The maximum Gasteiger partial charge on any atom is 0.126 e. The van der Waals surface area contributed by atoms with E-state index in [4.69, 9.17) is 0 Å². The molecule has 0 spiro atoms. The van der Waals surface area contributed by atoms with Gasteiger partial charge >= 0.3 is 0 Å². The standard InChI is InChI=1S/C11H14N2S/c1-3-4-8(2)10-9-5-6-14-11(9)13-7-12-10/h5-8H,3-4H2,1-2H3. The summed E-state index contributed by atoms with van der Waals surface area (Å²) in [5.41, 5.74) is 1.21. The third-order valence-electron chi connectivity index (χ3n) is 2.48. The van der Waals surface area contributed by atoms with E-state index in [1.807, 2.05) is 0 Å². The van der Waals surface area contributed by atoms with Gasteiger partial charge in [-0.1, -0.05) is 20.3 Å². The number of fused-ring (bicyclic) bond motifs is 1. The number of thiophene rings is 1. The van der Waals surface area contributed by atoms with Gasteiger partial charge in [0.25, 0.3) is 0 Å². The van der Waals surface area contributed by atoms with Crippen molar-refractivity contribution in [2.45, 2.75) is 32.6 Å². The molecule has 3 heteroatoms. The van der Waals surface area contributed by atoms with Crippen molar-refractivity contribution in [3.8, 4) is 0 Å². The van der Waals surface area contributed by atoms with Gasteiger partial charge in [-0.25, -0.2) is 9.97 Å². The van der Waals surface area contributed by atoms with E-state index in [0.717, 1.165) is 4.83 Å². The summed E-state index contributed by atoms with van der Waals surface area (Å²) in [4.78, 5) is 9.75. The summed E-state index contributed by atoms with van der Waals surface area (Å²) < 4.78 is 0. The van der Waals surface area contributed by atoms with E-state index in [1.54, 1.807) is 17.7 Å². The van der Waals surface area contributed by atoms with Crippen molar-refractivity contribution in [1.82, 2.24) is 9.97 Å². The molecule has 1 unspecified atom stereocenters. The smallest absolute Gasteiger partial charge is 0.126 e. The topological polar surface area (TPSA) is 25.8 Å². The highest BCUT2D eigenvalue weighted by Gasteiger charge is 2.10. The zero-order chi connectivity index (χ0) is 9.97. The van der Waals surface area contributed by atoms with Crippen LogP contribution in [0.25, 0.3) is 10.2 Å². The molecular formula is C11H14N2S. The fraction of sp³-hybridized carbons (Fsp3) is 0.455. The van der Waals surface area contributed by atoms with Crippen LogP contribution in [0.3, 0.4) is 0 Å². The first kappa shape index (κ1) is 9.59. The zero-order valence-electron chi connectivity index (χ0n) is 8.53. The Balaban J connectivity index is 2.45. The highest BCUT2D eigenvalue weighted by atomic mass is 32.1. The molecule has 0 radical (unpaired) electrons. The summed E-state index contributed by atoms with van der Waals surface area (Å²) in [5.74, 6) is 0.542. The predicted octanol–water partition coefficient (Wildman–Crippen LogP) is 3.59. The van der Waals surface area contributed by atoms with Crippen LogP contribution < -0.4 is 0 Å². The summed E-state index contributed by atoms with van der Waals surface area (Å²) in [6.45, 7) is 4.45. The van der Waals surface area contributed by atoms with E-state index in [2.05, 4.69) is 35.3 Å². The molecule has 0 fully saturated rings. The first-order chi connectivity index (χ1) is 6.83. The van der Waals surface area contributed by atoms with Gasteiger partial charge in [0.1, 0.15) is 11.2 Å². The van der Waals surface area contributed by atoms with Crippen LogP contribution in [0.15, 0.2) is 17.8 Å². The van der Waals surface area contributed by atoms with Gasteiger partial charge in [0.05, 0.1) is 5.69 Å². The first-order valence-electron chi connectivity index (χ1n) is 5.01. The Bertz CT molecular complexity index is 422. The lowest BCUT2D eigenvalue weighted by Crippen LogP contribution is -1.97. The van der Waals surface area contributed by atoms with Crippen molar-refractivity contribution in [2.24, 2.45) is 0 Å². The van der Waals surface area contributed by atoms with E-state index in [1.165, 1.54) is 23.9 Å². The van der Waals surface area contributed by atoms with Crippen molar-refractivity contribution >= 4 is 21.6 Å². The molecule has 0 saturated carbocycles. The SMILES string of the molecule is CCCC(C)c1ncnc2sccc12.